The Morgan fingerprint density at radius 3 is 2.57 bits per heavy atom. The number of aromatic hydroxyl groups is 1. The Kier molecular flexibility index (Phi) is 5.80. The molecule has 1 saturated heterocycles. The molecule has 1 aromatic carbocycles. The molecule has 1 aliphatic heterocycles. The van der Waals surface area contributed by atoms with Gasteiger partial charge in [0.15, 0.2) is 11.6 Å². The Bertz CT molecular complexity index is 1330. The van der Waals surface area contributed by atoms with Crippen molar-refractivity contribution in [2.45, 2.75) is 25.2 Å². The van der Waals surface area contributed by atoms with Gasteiger partial charge in [-0.25, -0.2) is 0 Å². The fourth-order valence-corrected chi connectivity index (χ4v) is 6.54. The lowest BCUT2D eigenvalue weighted by Gasteiger charge is -2.42. The van der Waals surface area contributed by atoms with Crippen LogP contribution in [0, 0.1) is 17.8 Å². The first kappa shape index (κ1) is 23.7. The molecule has 2 N–H and O–H groups in total. The van der Waals surface area contributed by atoms with E-state index in [1.165, 1.54) is 18.2 Å². The molecule has 4 atom stereocenters. The molecule has 5 rings (SSSR count). The molecule has 4 aliphatic rings. The highest BCUT2D eigenvalue weighted by atomic mass is 79.9. The van der Waals surface area contributed by atoms with Gasteiger partial charge in [0.2, 0.25) is 11.8 Å². The average Bonchev–Trinajstić information content (AvgIpc) is 3.04. The third kappa shape index (κ3) is 3.68. The summed E-state index contributed by atoms with van der Waals surface area (Å²) in [5.41, 5.74) is 1.79. The summed E-state index contributed by atoms with van der Waals surface area (Å²) in [5, 5.41) is 19.1. The maximum absolute atomic E-state index is 13.4. The quantitative estimate of drug-likeness (QED) is 0.328. The molecule has 1 aromatic rings. The van der Waals surface area contributed by atoms with E-state index < -0.39 is 41.5 Å². The standard InChI is InChI=1S/C25H19BrClNO7/c26-16-9-18(30)22-15(23(16)33)8-14-11(20(22)12-2-1-10(29)7-17(12)27)3-4-13-21(14)25(35)28(24(13)34)6-5-19(31)32/h1-3,7,9,13-14,20-21,29H,4-6,8H2,(H,31,32)/t13-,14+,20+,21-/m0/s1. The van der Waals surface area contributed by atoms with Crippen molar-refractivity contribution in [3.05, 3.63) is 62.1 Å². The highest BCUT2D eigenvalue weighted by Gasteiger charge is 2.56. The number of ketones is 2. The molecular weight excluding hydrogens is 542 g/mol. The fraction of sp³-hybridized carbons (Fsp3) is 0.320. The number of aliphatic carboxylic acids is 1. The van der Waals surface area contributed by atoms with Gasteiger partial charge in [0.25, 0.3) is 0 Å². The summed E-state index contributed by atoms with van der Waals surface area (Å²) in [6, 6.07) is 4.38. The minimum absolute atomic E-state index is 0.0580. The lowest BCUT2D eigenvalue weighted by molar-refractivity contribution is -0.142. The molecule has 0 saturated carbocycles. The first-order valence-electron chi connectivity index (χ1n) is 11.0. The van der Waals surface area contributed by atoms with Gasteiger partial charge in [-0.2, -0.15) is 0 Å². The summed E-state index contributed by atoms with van der Waals surface area (Å²) in [6.07, 6.45) is 3.08. The second kappa shape index (κ2) is 8.57. The van der Waals surface area contributed by atoms with Gasteiger partial charge in [0.05, 0.1) is 22.7 Å². The van der Waals surface area contributed by atoms with Crippen molar-refractivity contribution in [3.63, 3.8) is 0 Å². The Morgan fingerprint density at radius 1 is 1.14 bits per heavy atom. The first-order valence-corrected chi connectivity index (χ1v) is 12.2. The van der Waals surface area contributed by atoms with Gasteiger partial charge in [0.1, 0.15) is 5.75 Å². The van der Waals surface area contributed by atoms with E-state index in [1.807, 2.05) is 6.08 Å². The molecule has 180 valence electrons. The molecule has 8 nitrogen and oxygen atoms in total. The van der Waals surface area contributed by atoms with Gasteiger partial charge in [-0.3, -0.25) is 28.9 Å². The summed E-state index contributed by atoms with van der Waals surface area (Å²) in [4.78, 5) is 64.7. The molecule has 0 aromatic heterocycles. The number of hydrogen-bond donors (Lipinski definition) is 2. The molecule has 0 bridgehead atoms. The molecule has 1 fully saturated rings. The minimum atomic E-state index is -1.11. The monoisotopic (exact) mass is 559 g/mol. The number of carbonyl (C=O) groups is 5. The SMILES string of the molecule is O=C(O)CCN1C(=O)[C@H]2[C@H](CC=C3[C@H](c4ccc(O)cc4Cl)C4=C(C[C@H]32)C(=O)C(Br)=CC4=O)C1=O. The van der Waals surface area contributed by atoms with Crippen molar-refractivity contribution in [1.29, 1.82) is 0 Å². The van der Waals surface area contributed by atoms with Crippen LogP contribution in [-0.4, -0.2) is 51.0 Å². The number of halogens is 2. The van der Waals surface area contributed by atoms with E-state index in [4.69, 9.17) is 16.7 Å². The molecule has 2 amide bonds. The number of fused-ring (bicyclic) bond motifs is 3. The van der Waals surface area contributed by atoms with Gasteiger partial charge < -0.3 is 10.2 Å². The Labute approximate surface area is 213 Å². The number of imide groups is 1. The van der Waals surface area contributed by atoms with Crippen molar-refractivity contribution < 1.29 is 34.2 Å². The largest absolute Gasteiger partial charge is 0.508 e. The first-order chi connectivity index (χ1) is 16.6. The maximum Gasteiger partial charge on any atom is 0.305 e. The number of amides is 2. The summed E-state index contributed by atoms with van der Waals surface area (Å²) >= 11 is 9.64. The maximum atomic E-state index is 13.4. The third-order valence-electron chi connectivity index (χ3n) is 7.27. The van der Waals surface area contributed by atoms with Crippen molar-refractivity contribution >= 4 is 56.9 Å². The van der Waals surface area contributed by atoms with E-state index in [1.54, 1.807) is 6.07 Å². The lowest BCUT2D eigenvalue weighted by Crippen LogP contribution is -2.39. The van der Waals surface area contributed by atoms with Crippen LogP contribution in [-0.2, 0) is 24.0 Å². The topological polar surface area (TPSA) is 129 Å². The van der Waals surface area contributed by atoms with Crippen LogP contribution in [0.15, 0.2) is 51.6 Å². The van der Waals surface area contributed by atoms with E-state index in [9.17, 15) is 29.1 Å². The number of phenols is 1. The molecule has 0 unspecified atom stereocenters. The summed E-state index contributed by atoms with van der Waals surface area (Å²) in [5.74, 6) is -5.43. The second-order valence-electron chi connectivity index (χ2n) is 9.07. The predicted octanol–water partition coefficient (Wildman–Crippen LogP) is 3.28. The molecule has 0 spiro atoms. The van der Waals surface area contributed by atoms with Crippen LogP contribution in [0.1, 0.15) is 30.7 Å². The van der Waals surface area contributed by atoms with Crippen molar-refractivity contribution in [1.82, 2.24) is 4.90 Å². The number of rotatable bonds is 4. The van der Waals surface area contributed by atoms with Crippen LogP contribution in [0.25, 0.3) is 0 Å². The van der Waals surface area contributed by atoms with Crippen LogP contribution >= 0.6 is 27.5 Å². The zero-order valence-electron chi connectivity index (χ0n) is 18.2. The molecule has 0 radical (unpaired) electrons. The Hall–Kier alpha value is -3.04. The molecule has 35 heavy (non-hydrogen) atoms. The van der Waals surface area contributed by atoms with Crippen LogP contribution in [0.4, 0.5) is 0 Å². The molecule has 3 aliphatic carbocycles. The number of benzene rings is 1. The number of likely N-dealkylation sites (tertiary alicyclic amines) is 1. The fourth-order valence-electron chi connectivity index (χ4n) is 5.81. The Balaban J connectivity index is 1.64. The van der Waals surface area contributed by atoms with E-state index in [2.05, 4.69) is 15.9 Å². The van der Waals surface area contributed by atoms with Crippen molar-refractivity contribution in [2.75, 3.05) is 6.54 Å². The highest BCUT2D eigenvalue weighted by Crippen LogP contribution is 2.56. The second-order valence-corrected chi connectivity index (χ2v) is 10.3. The third-order valence-corrected chi connectivity index (χ3v) is 8.18. The number of hydrogen-bond acceptors (Lipinski definition) is 6. The summed E-state index contributed by atoms with van der Waals surface area (Å²) in [7, 11) is 0. The van der Waals surface area contributed by atoms with Gasteiger partial charge >= 0.3 is 5.97 Å². The zero-order valence-corrected chi connectivity index (χ0v) is 20.5. The number of allylic oxidation sites excluding steroid dienone is 6. The number of carboxylic acid groups (broad SMARTS) is 1. The smallest absolute Gasteiger partial charge is 0.305 e. The summed E-state index contributed by atoms with van der Waals surface area (Å²) < 4.78 is 0.119. The number of carboxylic acids is 1. The van der Waals surface area contributed by atoms with Crippen LogP contribution in [0.5, 0.6) is 5.75 Å². The van der Waals surface area contributed by atoms with Crippen molar-refractivity contribution in [2.24, 2.45) is 17.8 Å². The number of nitrogens with zero attached hydrogens (tertiary/aromatic N) is 1. The van der Waals surface area contributed by atoms with Crippen LogP contribution in [0.3, 0.4) is 0 Å². The number of carbonyl (C=O) groups excluding carboxylic acids is 4. The number of Topliss-reactive ketones (excluding diaryl/α,β-unsaturated/α-hetero) is 1. The molecule has 10 heteroatoms. The highest BCUT2D eigenvalue weighted by molar-refractivity contribution is 9.12. The summed E-state index contributed by atoms with van der Waals surface area (Å²) in [6.45, 7) is -0.213. The minimum Gasteiger partial charge on any atom is -0.508 e. The van der Waals surface area contributed by atoms with Crippen molar-refractivity contribution in [3.8, 4) is 5.75 Å². The van der Waals surface area contributed by atoms with Gasteiger partial charge in [-0.1, -0.05) is 29.3 Å². The van der Waals surface area contributed by atoms with Gasteiger partial charge in [-0.15, -0.1) is 0 Å². The molecular formula is C25H19BrClNO7. The lowest BCUT2D eigenvalue weighted by atomic mass is 9.59. The van der Waals surface area contributed by atoms with Gasteiger partial charge in [0, 0.05) is 34.7 Å². The molecule has 1 heterocycles. The van der Waals surface area contributed by atoms with E-state index in [-0.39, 0.29) is 63.8 Å². The van der Waals surface area contributed by atoms with E-state index >= 15 is 0 Å². The average molecular weight is 561 g/mol. The zero-order chi connectivity index (χ0) is 25.2. The van der Waals surface area contributed by atoms with Crippen LogP contribution in [0.2, 0.25) is 5.02 Å². The normalized spacial score (nSPS) is 27.9. The van der Waals surface area contributed by atoms with E-state index in [0.29, 0.717) is 5.56 Å². The predicted molar refractivity (Wildman–Crippen MR) is 127 cm³/mol. The number of phenolic OH excluding ortho intramolecular Hbond substituents is 1. The van der Waals surface area contributed by atoms with Crippen LogP contribution < -0.4 is 0 Å². The van der Waals surface area contributed by atoms with Gasteiger partial charge in [-0.05, 0) is 52.4 Å². The Morgan fingerprint density at radius 2 is 1.89 bits per heavy atom. The van der Waals surface area contributed by atoms with E-state index in [0.717, 1.165) is 10.5 Å².